The van der Waals surface area contributed by atoms with Gasteiger partial charge in [0, 0.05) is 30.0 Å². The van der Waals surface area contributed by atoms with E-state index < -0.39 is 45.5 Å². The maximum Gasteiger partial charge on any atom is 0.418 e. The van der Waals surface area contributed by atoms with Gasteiger partial charge in [-0.2, -0.15) is 13.2 Å². The molecule has 0 aliphatic carbocycles. The molecule has 0 saturated carbocycles. The van der Waals surface area contributed by atoms with Gasteiger partial charge in [0.25, 0.3) is 0 Å². The van der Waals surface area contributed by atoms with E-state index in [2.05, 4.69) is 17.9 Å². The number of carbonyl (C=O) groups is 3. The summed E-state index contributed by atoms with van der Waals surface area (Å²) in [6.07, 6.45) is -1.61. The van der Waals surface area contributed by atoms with Crippen molar-refractivity contribution >= 4 is 59.7 Å². The van der Waals surface area contributed by atoms with E-state index in [1.165, 1.54) is 17.9 Å². The van der Waals surface area contributed by atoms with Gasteiger partial charge < -0.3 is 15.3 Å². The van der Waals surface area contributed by atoms with E-state index in [1.807, 2.05) is 0 Å². The molecule has 6 nitrogen and oxygen atoms in total. The fraction of sp³-hybridized carbons (Fsp3) is 0.421. The van der Waals surface area contributed by atoms with Crippen LogP contribution in [0.2, 0.25) is 10.0 Å². The molecular formula is C19H19Cl2F3N2O4S. The van der Waals surface area contributed by atoms with Crippen LogP contribution in [0, 0.1) is 5.92 Å². The summed E-state index contributed by atoms with van der Waals surface area (Å²) < 4.78 is 39.1. The maximum atomic E-state index is 13.0. The number of thiol groups is 1. The third kappa shape index (κ3) is 6.30. The van der Waals surface area contributed by atoms with Crippen molar-refractivity contribution in [2.24, 2.45) is 5.92 Å². The summed E-state index contributed by atoms with van der Waals surface area (Å²) in [4.78, 5) is 36.4. The molecule has 31 heavy (non-hydrogen) atoms. The van der Waals surface area contributed by atoms with Gasteiger partial charge in [-0.15, -0.1) is 12.6 Å². The number of hydrogen-bond donors (Lipinski definition) is 3. The van der Waals surface area contributed by atoms with Crippen molar-refractivity contribution in [2.75, 3.05) is 13.1 Å². The number of benzene rings is 1. The minimum Gasteiger partial charge on any atom is -0.480 e. The lowest BCUT2D eigenvalue weighted by atomic mass is 9.95. The SMILES string of the molecule is CC(NC(=O)C1CCN(C(=O)C=Cc2cc(S)c(C(F)(F)F)c(Cl)c2Cl)CC1)C(=O)O. The van der Waals surface area contributed by atoms with E-state index in [-0.39, 0.29) is 29.6 Å². The molecule has 12 heteroatoms. The van der Waals surface area contributed by atoms with Crippen LogP contribution in [0.25, 0.3) is 6.08 Å². The van der Waals surface area contributed by atoms with Gasteiger partial charge in [-0.3, -0.25) is 14.4 Å². The van der Waals surface area contributed by atoms with E-state index in [9.17, 15) is 27.6 Å². The van der Waals surface area contributed by atoms with E-state index in [0.717, 1.165) is 12.1 Å². The summed E-state index contributed by atoms with van der Waals surface area (Å²) in [5.41, 5.74) is -1.04. The molecule has 1 atom stereocenters. The van der Waals surface area contributed by atoms with Crippen molar-refractivity contribution in [1.29, 1.82) is 0 Å². The zero-order valence-corrected chi connectivity index (χ0v) is 18.6. The van der Waals surface area contributed by atoms with Gasteiger partial charge in [0.2, 0.25) is 11.8 Å². The molecule has 0 aromatic heterocycles. The molecule has 0 spiro atoms. The molecule has 2 N–H and O–H groups in total. The van der Waals surface area contributed by atoms with Crippen LogP contribution in [0.15, 0.2) is 17.0 Å². The van der Waals surface area contributed by atoms with Crippen molar-refractivity contribution in [1.82, 2.24) is 10.2 Å². The van der Waals surface area contributed by atoms with E-state index in [0.29, 0.717) is 12.8 Å². The van der Waals surface area contributed by atoms with Crippen molar-refractivity contribution < 1.29 is 32.7 Å². The van der Waals surface area contributed by atoms with Gasteiger partial charge in [0.1, 0.15) is 6.04 Å². The molecule has 2 amide bonds. The van der Waals surface area contributed by atoms with Crippen LogP contribution in [0.4, 0.5) is 13.2 Å². The van der Waals surface area contributed by atoms with Crippen molar-refractivity contribution in [3.05, 3.63) is 33.3 Å². The van der Waals surface area contributed by atoms with Gasteiger partial charge in [-0.05, 0) is 37.5 Å². The first-order chi connectivity index (χ1) is 14.3. The van der Waals surface area contributed by atoms with E-state index in [1.54, 1.807) is 0 Å². The molecule has 1 unspecified atom stereocenters. The highest BCUT2D eigenvalue weighted by Crippen LogP contribution is 2.43. The minimum absolute atomic E-state index is 0.106. The summed E-state index contributed by atoms with van der Waals surface area (Å²) in [6, 6.07) is 0.0662. The van der Waals surface area contributed by atoms with Gasteiger partial charge in [0.05, 0.1) is 15.6 Å². The Morgan fingerprint density at radius 1 is 1.26 bits per heavy atom. The summed E-state index contributed by atoms with van der Waals surface area (Å²) in [5, 5.41) is 10.2. The van der Waals surface area contributed by atoms with Crippen molar-refractivity contribution in [2.45, 2.75) is 36.9 Å². The second-order valence-corrected chi connectivity index (χ2v) is 8.22. The van der Waals surface area contributed by atoms with Crippen molar-refractivity contribution in [3.8, 4) is 0 Å². The number of alkyl halides is 3. The average molecular weight is 499 g/mol. The zero-order valence-electron chi connectivity index (χ0n) is 16.2. The van der Waals surface area contributed by atoms with Gasteiger partial charge in [0.15, 0.2) is 0 Å². The molecular weight excluding hydrogens is 480 g/mol. The predicted molar refractivity (Wildman–Crippen MR) is 112 cm³/mol. The zero-order chi connectivity index (χ0) is 23.5. The third-order valence-corrected chi connectivity index (χ3v) is 6.04. The number of rotatable bonds is 5. The Morgan fingerprint density at radius 2 is 1.84 bits per heavy atom. The summed E-state index contributed by atoms with van der Waals surface area (Å²) in [6.45, 7) is 1.89. The molecule has 1 aromatic rings. The Labute approximate surface area is 191 Å². The fourth-order valence-corrected chi connectivity index (χ4v) is 4.02. The van der Waals surface area contributed by atoms with E-state index in [4.69, 9.17) is 28.3 Å². The van der Waals surface area contributed by atoms with Crippen LogP contribution in [0.1, 0.15) is 30.9 Å². The number of amides is 2. The summed E-state index contributed by atoms with van der Waals surface area (Å²) in [7, 11) is 0. The van der Waals surface area contributed by atoms with Crippen LogP contribution in [0.3, 0.4) is 0 Å². The molecule has 0 radical (unpaired) electrons. The number of nitrogens with one attached hydrogen (secondary N) is 1. The van der Waals surface area contributed by atoms with Crippen LogP contribution in [-0.2, 0) is 20.6 Å². The third-order valence-electron chi connectivity index (χ3n) is 4.81. The lowest BCUT2D eigenvalue weighted by molar-refractivity contribution is -0.142. The molecule has 170 valence electrons. The number of carboxylic acid groups (broad SMARTS) is 1. The van der Waals surface area contributed by atoms with E-state index >= 15 is 0 Å². The molecule has 1 heterocycles. The number of halogens is 5. The fourth-order valence-electron chi connectivity index (χ4n) is 3.04. The lowest BCUT2D eigenvalue weighted by Crippen LogP contribution is -2.46. The second kappa shape index (κ2) is 10.1. The highest BCUT2D eigenvalue weighted by atomic mass is 35.5. The number of aliphatic carboxylic acids is 1. The number of carboxylic acids is 1. The normalized spacial score (nSPS) is 16.4. The molecule has 1 aromatic carbocycles. The molecule has 1 aliphatic rings. The molecule has 0 bridgehead atoms. The quantitative estimate of drug-likeness (QED) is 0.420. The van der Waals surface area contributed by atoms with Gasteiger partial charge in [-0.1, -0.05) is 23.2 Å². The summed E-state index contributed by atoms with van der Waals surface area (Å²) in [5.74, 6) is -2.35. The first kappa shape index (κ1) is 25.4. The Kier molecular flexibility index (Phi) is 8.29. The number of likely N-dealkylation sites (tertiary alicyclic amines) is 1. The number of nitrogens with zero attached hydrogens (tertiary/aromatic N) is 1. The second-order valence-electron chi connectivity index (χ2n) is 6.99. The Morgan fingerprint density at radius 3 is 2.35 bits per heavy atom. The smallest absolute Gasteiger partial charge is 0.418 e. The molecule has 1 aliphatic heterocycles. The number of piperidine rings is 1. The highest BCUT2D eigenvalue weighted by Gasteiger charge is 2.37. The monoisotopic (exact) mass is 498 g/mol. The van der Waals surface area contributed by atoms with Crippen LogP contribution < -0.4 is 5.32 Å². The standard InChI is InChI=1S/C19H19Cl2F3N2O4S/c1-9(18(29)30)25-17(28)10-4-6-26(7-5-10)13(27)3-2-11-8-12(31)14(19(22,23)24)16(21)15(11)20/h2-3,8-10,31H,4-7H2,1H3,(H,25,28)(H,29,30). The average Bonchev–Trinajstić information content (AvgIpc) is 2.68. The first-order valence-corrected chi connectivity index (χ1v) is 10.3. The molecule has 1 fully saturated rings. The number of carbonyl (C=O) groups excluding carboxylic acids is 2. The highest BCUT2D eigenvalue weighted by molar-refractivity contribution is 7.80. The van der Waals surface area contributed by atoms with Gasteiger partial charge >= 0.3 is 12.1 Å². The maximum absolute atomic E-state index is 13.0. The Bertz CT molecular complexity index is 916. The molecule has 2 rings (SSSR count). The summed E-state index contributed by atoms with van der Waals surface area (Å²) >= 11 is 15.5. The predicted octanol–water partition coefficient (Wildman–Crippen LogP) is 4.14. The Balaban J connectivity index is 2.02. The van der Waals surface area contributed by atoms with Crippen LogP contribution >= 0.6 is 35.8 Å². The van der Waals surface area contributed by atoms with Crippen LogP contribution in [-0.4, -0.2) is 46.9 Å². The minimum atomic E-state index is -4.73. The van der Waals surface area contributed by atoms with Crippen LogP contribution in [0.5, 0.6) is 0 Å². The van der Waals surface area contributed by atoms with Crippen molar-refractivity contribution in [3.63, 3.8) is 0 Å². The van der Waals surface area contributed by atoms with Gasteiger partial charge in [-0.25, -0.2) is 0 Å². The first-order valence-electron chi connectivity index (χ1n) is 9.11. The lowest BCUT2D eigenvalue weighted by Gasteiger charge is -2.31. The largest absolute Gasteiger partial charge is 0.480 e. The number of hydrogen-bond acceptors (Lipinski definition) is 4. The Hall–Kier alpha value is -1.91. The molecule has 1 saturated heterocycles. The topological polar surface area (TPSA) is 86.7 Å².